The molecule has 2 bridgehead atoms. The minimum Gasteiger partial charge on any atom is -0.455 e. The molecule has 6 heterocycles. The molecule has 3 fully saturated rings. The fourth-order valence-corrected chi connectivity index (χ4v) is 4.66. The molecule has 22 heavy (non-hydrogen) atoms. The normalized spacial score (nSPS) is 33.2. The van der Waals surface area contributed by atoms with Crippen LogP contribution in [0.4, 0.5) is 5.13 Å². The van der Waals surface area contributed by atoms with Crippen LogP contribution in [0.2, 0.25) is 0 Å². The number of nitrogens with zero attached hydrogens (tertiary/aromatic N) is 4. The highest BCUT2D eigenvalue weighted by Crippen LogP contribution is 2.41. The van der Waals surface area contributed by atoms with Crippen molar-refractivity contribution in [3.05, 3.63) is 18.3 Å². The first kappa shape index (κ1) is 12.8. The Morgan fingerprint density at radius 2 is 2.27 bits per heavy atom. The van der Waals surface area contributed by atoms with Crippen LogP contribution >= 0.6 is 11.3 Å². The molecule has 0 saturated carbocycles. The van der Waals surface area contributed by atoms with Gasteiger partial charge in [0.25, 0.3) is 6.02 Å². The van der Waals surface area contributed by atoms with E-state index in [0.717, 1.165) is 28.6 Å². The van der Waals surface area contributed by atoms with E-state index in [-0.39, 0.29) is 5.60 Å². The standard InChI is InChI=1S/C15H17N5OS/c1-2-11-12(16-5-1)22-14(18-11)19-13-17-8-15(21-13)9-20-6-3-10(15)4-7-20/h1-2,5,10H,3-4,6-9H2,(H,17,18,19)/t15-/m0/s1. The second kappa shape index (κ2) is 4.63. The second-order valence-corrected chi connectivity index (χ2v) is 7.29. The molecular formula is C15H17N5OS. The number of aromatic nitrogens is 2. The van der Waals surface area contributed by atoms with E-state index in [1.54, 1.807) is 6.20 Å². The van der Waals surface area contributed by atoms with Gasteiger partial charge in [0.1, 0.15) is 15.9 Å². The summed E-state index contributed by atoms with van der Waals surface area (Å²) >= 11 is 1.53. The number of piperidine rings is 3. The van der Waals surface area contributed by atoms with Gasteiger partial charge < -0.3 is 4.74 Å². The molecule has 1 atom stereocenters. The Labute approximate surface area is 132 Å². The maximum atomic E-state index is 6.27. The van der Waals surface area contributed by atoms with Crippen LogP contribution in [0.5, 0.6) is 0 Å². The Kier molecular flexibility index (Phi) is 2.69. The number of anilines is 1. The van der Waals surface area contributed by atoms with E-state index < -0.39 is 0 Å². The summed E-state index contributed by atoms with van der Waals surface area (Å²) in [5.41, 5.74) is 0.805. The Morgan fingerprint density at radius 3 is 3.05 bits per heavy atom. The smallest absolute Gasteiger partial charge is 0.291 e. The van der Waals surface area contributed by atoms with Crippen molar-refractivity contribution >= 4 is 32.8 Å². The lowest BCUT2D eigenvalue weighted by Crippen LogP contribution is -2.61. The third-order valence-corrected chi connectivity index (χ3v) is 5.89. The number of nitrogens with one attached hydrogen (secondary N) is 1. The van der Waals surface area contributed by atoms with Gasteiger partial charge in [-0.2, -0.15) is 0 Å². The molecule has 2 aromatic rings. The molecule has 4 aliphatic rings. The number of rotatable bonds is 1. The van der Waals surface area contributed by atoms with E-state index in [9.17, 15) is 0 Å². The summed E-state index contributed by atoms with van der Waals surface area (Å²) in [4.78, 5) is 16.9. The zero-order valence-corrected chi connectivity index (χ0v) is 13.0. The summed E-state index contributed by atoms with van der Waals surface area (Å²) in [5.74, 6) is 0.637. The maximum absolute atomic E-state index is 6.27. The van der Waals surface area contributed by atoms with Gasteiger partial charge in [-0.05, 0) is 38.1 Å². The Balaban J connectivity index is 1.35. The summed E-state index contributed by atoms with van der Waals surface area (Å²) in [6.07, 6.45) is 4.25. The largest absolute Gasteiger partial charge is 0.455 e. The van der Waals surface area contributed by atoms with Crippen molar-refractivity contribution in [2.24, 2.45) is 10.9 Å². The molecule has 0 aliphatic carbocycles. The summed E-state index contributed by atoms with van der Waals surface area (Å²) in [6.45, 7) is 4.19. The monoisotopic (exact) mass is 315 g/mol. The van der Waals surface area contributed by atoms with Gasteiger partial charge in [0.05, 0.1) is 6.54 Å². The number of aliphatic imine (C=N–C) groups is 1. The lowest BCUT2D eigenvalue weighted by atomic mass is 9.75. The predicted molar refractivity (Wildman–Crippen MR) is 86.3 cm³/mol. The SMILES string of the molecule is c1cnc2sc(NC3=NC[C@@]4(CN5CCC4CC5)O3)nc2c1. The lowest BCUT2D eigenvalue weighted by molar-refractivity contribution is -0.0829. The molecule has 0 unspecified atom stereocenters. The fourth-order valence-electron chi connectivity index (χ4n) is 3.86. The van der Waals surface area contributed by atoms with E-state index in [2.05, 4.69) is 25.2 Å². The zero-order chi connectivity index (χ0) is 14.6. The van der Waals surface area contributed by atoms with Crippen molar-refractivity contribution in [2.45, 2.75) is 18.4 Å². The zero-order valence-electron chi connectivity index (χ0n) is 12.2. The van der Waals surface area contributed by atoms with Gasteiger partial charge in [0.2, 0.25) is 0 Å². The quantitative estimate of drug-likeness (QED) is 0.871. The van der Waals surface area contributed by atoms with Gasteiger partial charge in [-0.1, -0.05) is 11.3 Å². The van der Waals surface area contributed by atoms with Crippen LogP contribution in [0.15, 0.2) is 23.3 Å². The molecule has 7 heteroatoms. The predicted octanol–water partition coefficient (Wildman–Crippen LogP) is 1.95. The number of thiazole rings is 1. The molecule has 114 valence electrons. The molecule has 0 aromatic carbocycles. The minimum atomic E-state index is -0.103. The Hall–Kier alpha value is -1.73. The van der Waals surface area contributed by atoms with Gasteiger partial charge in [0.15, 0.2) is 5.13 Å². The highest BCUT2D eigenvalue weighted by atomic mass is 32.1. The van der Waals surface area contributed by atoms with E-state index in [0.29, 0.717) is 11.9 Å². The molecule has 1 spiro atoms. The first-order valence-electron chi connectivity index (χ1n) is 7.75. The fraction of sp³-hybridized carbons (Fsp3) is 0.533. The van der Waals surface area contributed by atoms with E-state index >= 15 is 0 Å². The molecule has 1 N–H and O–H groups in total. The summed E-state index contributed by atoms with van der Waals surface area (Å²) < 4.78 is 6.27. The van der Waals surface area contributed by atoms with Crippen molar-refractivity contribution in [3.63, 3.8) is 0 Å². The summed E-state index contributed by atoms with van der Waals surface area (Å²) in [7, 11) is 0. The van der Waals surface area contributed by atoms with Crippen LogP contribution < -0.4 is 5.32 Å². The topological polar surface area (TPSA) is 62.6 Å². The lowest BCUT2D eigenvalue weighted by Gasteiger charge is -2.50. The van der Waals surface area contributed by atoms with Gasteiger partial charge >= 0.3 is 0 Å². The molecular weight excluding hydrogens is 298 g/mol. The second-order valence-electron chi connectivity index (χ2n) is 6.31. The van der Waals surface area contributed by atoms with Crippen molar-refractivity contribution in [2.75, 3.05) is 31.5 Å². The third kappa shape index (κ3) is 1.92. The molecule has 6 nitrogen and oxygen atoms in total. The van der Waals surface area contributed by atoms with Crippen molar-refractivity contribution < 1.29 is 4.74 Å². The van der Waals surface area contributed by atoms with Crippen LogP contribution in [0.3, 0.4) is 0 Å². The Morgan fingerprint density at radius 1 is 1.36 bits per heavy atom. The van der Waals surface area contributed by atoms with Gasteiger partial charge in [-0.3, -0.25) is 10.2 Å². The first-order valence-corrected chi connectivity index (χ1v) is 8.57. The van der Waals surface area contributed by atoms with Gasteiger partial charge in [-0.25, -0.2) is 15.0 Å². The number of hydrogen-bond donors (Lipinski definition) is 1. The highest BCUT2D eigenvalue weighted by Gasteiger charge is 2.51. The average Bonchev–Trinajstić information content (AvgIpc) is 3.12. The molecule has 0 amide bonds. The molecule has 3 saturated heterocycles. The van der Waals surface area contributed by atoms with Crippen LogP contribution in [0.1, 0.15) is 12.8 Å². The van der Waals surface area contributed by atoms with Crippen LogP contribution in [0.25, 0.3) is 10.3 Å². The van der Waals surface area contributed by atoms with Crippen molar-refractivity contribution in [3.8, 4) is 0 Å². The summed E-state index contributed by atoms with van der Waals surface area (Å²) in [5, 5.41) is 4.04. The van der Waals surface area contributed by atoms with Crippen LogP contribution in [-0.2, 0) is 4.74 Å². The molecule has 0 radical (unpaired) electrons. The van der Waals surface area contributed by atoms with E-state index in [1.165, 1.54) is 37.3 Å². The van der Waals surface area contributed by atoms with Crippen molar-refractivity contribution in [1.82, 2.24) is 14.9 Å². The van der Waals surface area contributed by atoms with Gasteiger partial charge in [-0.15, -0.1) is 0 Å². The van der Waals surface area contributed by atoms with Gasteiger partial charge in [0, 0.05) is 18.7 Å². The maximum Gasteiger partial charge on any atom is 0.291 e. The number of pyridine rings is 1. The third-order valence-electron chi connectivity index (χ3n) is 4.99. The number of amidine groups is 1. The number of fused-ring (bicyclic) bond motifs is 3. The minimum absolute atomic E-state index is 0.103. The van der Waals surface area contributed by atoms with Crippen LogP contribution in [0, 0.1) is 5.92 Å². The number of ether oxygens (including phenoxy) is 1. The Bertz CT molecular complexity index is 718. The van der Waals surface area contributed by atoms with E-state index in [4.69, 9.17) is 4.74 Å². The van der Waals surface area contributed by atoms with Crippen molar-refractivity contribution in [1.29, 1.82) is 0 Å². The number of hydrogen-bond acceptors (Lipinski definition) is 7. The average molecular weight is 315 g/mol. The molecule has 2 aromatic heterocycles. The first-order chi connectivity index (χ1) is 10.8. The highest BCUT2D eigenvalue weighted by molar-refractivity contribution is 7.21. The summed E-state index contributed by atoms with van der Waals surface area (Å²) in [6, 6.07) is 4.49. The molecule has 6 rings (SSSR count). The molecule has 4 aliphatic heterocycles. The van der Waals surface area contributed by atoms with Crippen LogP contribution in [-0.4, -0.2) is 52.7 Å². The van der Waals surface area contributed by atoms with E-state index in [1.807, 2.05) is 12.1 Å².